The standard InChI is InChI=1S/C11H22N2O2S/c1-14-9-7-13(8-10(9)15-2)6-4-3-5-11(12)16/h9-10H,3-8H2,1-2H3,(H2,12,16). The maximum absolute atomic E-state index is 5.45. The predicted octanol–water partition coefficient (Wildman–Crippen LogP) is 0.788. The Labute approximate surface area is 103 Å². The summed E-state index contributed by atoms with van der Waals surface area (Å²) in [6.45, 7) is 2.99. The summed E-state index contributed by atoms with van der Waals surface area (Å²) in [5, 5.41) is 0. The van der Waals surface area contributed by atoms with E-state index < -0.39 is 0 Å². The summed E-state index contributed by atoms with van der Waals surface area (Å²) < 4.78 is 10.8. The molecule has 1 rings (SSSR count). The van der Waals surface area contributed by atoms with Crippen LogP contribution in [0.4, 0.5) is 0 Å². The van der Waals surface area contributed by atoms with Crippen LogP contribution in [-0.2, 0) is 9.47 Å². The van der Waals surface area contributed by atoms with Crippen molar-refractivity contribution in [2.45, 2.75) is 31.5 Å². The first-order valence-corrected chi connectivity index (χ1v) is 6.14. The van der Waals surface area contributed by atoms with Crippen molar-refractivity contribution in [2.75, 3.05) is 33.9 Å². The van der Waals surface area contributed by atoms with Gasteiger partial charge in [0.2, 0.25) is 0 Å². The van der Waals surface area contributed by atoms with E-state index in [-0.39, 0.29) is 12.2 Å². The lowest BCUT2D eigenvalue weighted by molar-refractivity contribution is -0.00461. The van der Waals surface area contributed by atoms with Crippen LogP contribution >= 0.6 is 12.2 Å². The molecule has 0 radical (unpaired) electrons. The van der Waals surface area contributed by atoms with Crippen molar-refractivity contribution in [1.82, 2.24) is 4.90 Å². The van der Waals surface area contributed by atoms with Gasteiger partial charge >= 0.3 is 0 Å². The van der Waals surface area contributed by atoms with Crippen molar-refractivity contribution in [2.24, 2.45) is 5.73 Å². The lowest BCUT2D eigenvalue weighted by Crippen LogP contribution is -2.27. The minimum atomic E-state index is 0.209. The topological polar surface area (TPSA) is 47.7 Å². The van der Waals surface area contributed by atoms with Crippen LogP contribution in [0.15, 0.2) is 0 Å². The number of hydrogen-bond acceptors (Lipinski definition) is 4. The van der Waals surface area contributed by atoms with E-state index in [2.05, 4.69) is 4.90 Å². The van der Waals surface area contributed by atoms with Gasteiger partial charge in [-0.25, -0.2) is 0 Å². The van der Waals surface area contributed by atoms with Gasteiger partial charge in [-0.05, 0) is 25.8 Å². The third-order valence-electron chi connectivity index (χ3n) is 3.04. The van der Waals surface area contributed by atoms with Crippen LogP contribution in [0.3, 0.4) is 0 Å². The van der Waals surface area contributed by atoms with E-state index in [1.165, 1.54) is 0 Å². The van der Waals surface area contributed by atoms with Gasteiger partial charge in [0, 0.05) is 27.3 Å². The highest BCUT2D eigenvalue weighted by Gasteiger charge is 2.32. The maximum Gasteiger partial charge on any atom is 0.0971 e. The Morgan fingerprint density at radius 2 is 1.81 bits per heavy atom. The molecule has 0 amide bonds. The van der Waals surface area contributed by atoms with E-state index in [4.69, 9.17) is 27.4 Å². The molecule has 1 saturated heterocycles. The van der Waals surface area contributed by atoms with E-state index in [1.807, 2.05) is 0 Å². The van der Waals surface area contributed by atoms with Crippen molar-refractivity contribution < 1.29 is 9.47 Å². The van der Waals surface area contributed by atoms with Gasteiger partial charge < -0.3 is 15.2 Å². The van der Waals surface area contributed by atoms with Crippen molar-refractivity contribution >= 4 is 17.2 Å². The molecular weight excluding hydrogens is 224 g/mol. The van der Waals surface area contributed by atoms with Gasteiger partial charge in [-0.2, -0.15) is 0 Å². The number of methoxy groups -OCH3 is 2. The van der Waals surface area contributed by atoms with Crippen LogP contribution in [0, 0.1) is 0 Å². The maximum atomic E-state index is 5.45. The van der Waals surface area contributed by atoms with Crippen LogP contribution in [0.2, 0.25) is 0 Å². The molecule has 1 heterocycles. The Bertz CT molecular complexity index is 214. The molecule has 2 N–H and O–H groups in total. The summed E-state index contributed by atoms with van der Waals surface area (Å²) in [5.41, 5.74) is 5.45. The molecule has 2 atom stereocenters. The molecule has 0 aromatic heterocycles. The van der Waals surface area contributed by atoms with E-state index in [9.17, 15) is 0 Å². The lowest BCUT2D eigenvalue weighted by Gasteiger charge is -2.14. The van der Waals surface area contributed by atoms with Crippen molar-refractivity contribution in [1.29, 1.82) is 0 Å². The number of thiocarbonyl (C=S) groups is 1. The van der Waals surface area contributed by atoms with E-state index in [1.54, 1.807) is 14.2 Å². The molecule has 0 saturated carbocycles. The molecule has 5 heteroatoms. The smallest absolute Gasteiger partial charge is 0.0971 e. The molecule has 1 aliphatic heterocycles. The number of likely N-dealkylation sites (tertiary alicyclic amines) is 1. The van der Waals surface area contributed by atoms with Crippen LogP contribution in [-0.4, -0.2) is 56.0 Å². The fourth-order valence-corrected chi connectivity index (χ4v) is 2.23. The zero-order valence-corrected chi connectivity index (χ0v) is 11.0. The monoisotopic (exact) mass is 246 g/mol. The highest BCUT2D eigenvalue weighted by molar-refractivity contribution is 7.80. The molecule has 2 unspecified atom stereocenters. The summed E-state index contributed by atoms with van der Waals surface area (Å²) >= 11 is 4.84. The second-order valence-corrected chi connectivity index (χ2v) is 4.76. The van der Waals surface area contributed by atoms with Gasteiger partial charge in [0.1, 0.15) is 0 Å². The van der Waals surface area contributed by atoms with Gasteiger partial charge in [0.25, 0.3) is 0 Å². The Hall–Kier alpha value is -0.230. The number of nitrogens with zero attached hydrogens (tertiary/aromatic N) is 1. The molecule has 16 heavy (non-hydrogen) atoms. The van der Waals surface area contributed by atoms with Gasteiger partial charge in [0.15, 0.2) is 0 Å². The molecule has 1 fully saturated rings. The second-order valence-electron chi connectivity index (χ2n) is 4.23. The highest BCUT2D eigenvalue weighted by atomic mass is 32.1. The second kappa shape index (κ2) is 7.17. The Morgan fingerprint density at radius 1 is 1.25 bits per heavy atom. The average molecular weight is 246 g/mol. The fraction of sp³-hybridized carbons (Fsp3) is 0.909. The molecule has 0 spiro atoms. The normalized spacial score (nSPS) is 26.1. The van der Waals surface area contributed by atoms with Gasteiger partial charge in [-0.3, -0.25) is 4.90 Å². The van der Waals surface area contributed by atoms with Crippen LogP contribution in [0.25, 0.3) is 0 Å². The summed E-state index contributed by atoms with van der Waals surface area (Å²) in [7, 11) is 3.49. The van der Waals surface area contributed by atoms with E-state index in [0.717, 1.165) is 38.9 Å². The number of unbranched alkanes of at least 4 members (excludes halogenated alkanes) is 1. The minimum absolute atomic E-state index is 0.209. The summed E-state index contributed by atoms with van der Waals surface area (Å²) in [6.07, 6.45) is 3.47. The lowest BCUT2D eigenvalue weighted by atomic mass is 10.2. The summed E-state index contributed by atoms with van der Waals surface area (Å²) in [5.74, 6) is 0. The van der Waals surface area contributed by atoms with E-state index in [0.29, 0.717) is 4.99 Å². The van der Waals surface area contributed by atoms with Gasteiger partial charge in [0.05, 0.1) is 17.2 Å². The first-order valence-electron chi connectivity index (χ1n) is 5.73. The summed E-state index contributed by atoms with van der Waals surface area (Å²) in [6, 6.07) is 0. The SMILES string of the molecule is COC1CN(CCCCC(N)=S)CC1OC. The first kappa shape index (κ1) is 13.8. The third-order valence-corrected chi connectivity index (χ3v) is 3.25. The van der Waals surface area contributed by atoms with Crippen molar-refractivity contribution in [3.05, 3.63) is 0 Å². The Morgan fingerprint density at radius 3 is 2.25 bits per heavy atom. The van der Waals surface area contributed by atoms with E-state index >= 15 is 0 Å². The fourth-order valence-electron chi connectivity index (χ4n) is 2.09. The molecule has 0 aromatic carbocycles. The first-order chi connectivity index (χ1) is 7.67. The average Bonchev–Trinajstić information content (AvgIpc) is 2.66. The predicted molar refractivity (Wildman–Crippen MR) is 68.7 cm³/mol. The number of ether oxygens (including phenoxy) is 2. The third kappa shape index (κ3) is 4.33. The van der Waals surface area contributed by atoms with Crippen LogP contribution < -0.4 is 5.73 Å². The van der Waals surface area contributed by atoms with Crippen molar-refractivity contribution in [3.8, 4) is 0 Å². The Kier molecular flexibility index (Phi) is 6.20. The molecule has 0 aliphatic carbocycles. The largest absolute Gasteiger partial charge is 0.393 e. The molecule has 94 valence electrons. The van der Waals surface area contributed by atoms with Gasteiger partial charge in [-0.15, -0.1) is 0 Å². The molecule has 4 nitrogen and oxygen atoms in total. The highest BCUT2D eigenvalue weighted by Crippen LogP contribution is 2.16. The van der Waals surface area contributed by atoms with Crippen LogP contribution in [0.1, 0.15) is 19.3 Å². The number of hydrogen-bond donors (Lipinski definition) is 1. The van der Waals surface area contributed by atoms with Gasteiger partial charge in [-0.1, -0.05) is 12.2 Å². The molecule has 0 aromatic rings. The Balaban J connectivity index is 2.17. The quantitative estimate of drug-likeness (QED) is 0.531. The molecular formula is C11H22N2O2S. The summed E-state index contributed by atoms with van der Waals surface area (Å²) in [4.78, 5) is 2.99. The number of nitrogens with two attached hydrogens (primary N) is 1. The van der Waals surface area contributed by atoms with Crippen molar-refractivity contribution in [3.63, 3.8) is 0 Å². The molecule has 1 aliphatic rings. The molecule has 0 bridgehead atoms. The zero-order chi connectivity index (χ0) is 12.0. The van der Waals surface area contributed by atoms with Crippen LogP contribution in [0.5, 0.6) is 0 Å². The number of rotatable bonds is 7. The zero-order valence-electron chi connectivity index (χ0n) is 10.1. The minimum Gasteiger partial charge on any atom is -0.393 e.